The molecule has 0 saturated carbocycles. The molecule has 0 amide bonds. The summed E-state index contributed by atoms with van der Waals surface area (Å²) in [5.74, 6) is 0. The van der Waals surface area contributed by atoms with E-state index in [1.165, 1.54) is 12.6 Å². The maximum atomic E-state index is 12.4. The number of hydrogen-bond donors (Lipinski definition) is 2. The third-order valence-electron chi connectivity index (χ3n) is 3.82. The fourth-order valence-corrected chi connectivity index (χ4v) is 3.78. The Morgan fingerprint density at radius 2 is 2.24 bits per heavy atom. The predicted molar refractivity (Wildman–Crippen MR) is 83.9 cm³/mol. The molecule has 1 unspecified atom stereocenters. The topological polar surface area (TPSA) is 74.3 Å². The van der Waals surface area contributed by atoms with E-state index in [-0.39, 0.29) is 11.1 Å². The normalized spacial score (nSPS) is 20.4. The molecule has 6 nitrogen and oxygen atoms in total. The number of pyridine rings is 1. The molecule has 2 rings (SSSR count). The van der Waals surface area contributed by atoms with E-state index in [4.69, 9.17) is 0 Å². The van der Waals surface area contributed by atoms with Crippen molar-refractivity contribution >= 4 is 15.7 Å². The molecule has 118 valence electrons. The summed E-state index contributed by atoms with van der Waals surface area (Å²) in [6.45, 7) is 4.03. The molecule has 0 aromatic carbocycles. The van der Waals surface area contributed by atoms with Crippen LogP contribution in [0, 0.1) is 0 Å². The fraction of sp³-hybridized carbons (Fsp3) is 0.643. The Balaban J connectivity index is 2.08. The van der Waals surface area contributed by atoms with Gasteiger partial charge in [-0.15, -0.1) is 0 Å². The van der Waals surface area contributed by atoms with Crippen LogP contribution in [0.3, 0.4) is 0 Å². The Kier molecular flexibility index (Phi) is 5.55. The zero-order valence-electron chi connectivity index (χ0n) is 12.7. The van der Waals surface area contributed by atoms with Crippen LogP contribution in [-0.2, 0) is 10.0 Å². The second-order valence-electron chi connectivity index (χ2n) is 5.37. The van der Waals surface area contributed by atoms with Crippen LogP contribution in [0.4, 0.5) is 5.69 Å². The molecule has 0 bridgehead atoms. The van der Waals surface area contributed by atoms with Crippen molar-refractivity contribution in [1.29, 1.82) is 0 Å². The molecule has 2 N–H and O–H groups in total. The summed E-state index contributed by atoms with van der Waals surface area (Å²) in [5.41, 5.74) is 0.546. The van der Waals surface area contributed by atoms with Crippen LogP contribution >= 0.6 is 0 Å². The minimum atomic E-state index is -3.59. The zero-order chi connectivity index (χ0) is 15.3. The lowest BCUT2D eigenvalue weighted by Crippen LogP contribution is -2.44. The van der Waals surface area contributed by atoms with Gasteiger partial charge in [0.2, 0.25) is 0 Å². The molecule has 1 aliphatic heterocycles. The van der Waals surface area contributed by atoms with Gasteiger partial charge >= 0.3 is 0 Å². The number of sulfonamides is 1. The Morgan fingerprint density at radius 1 is 1.43 bits per heavy atom. The van der Waals surface area contributed by atoms with Gasteiger partial charge in [-0.3, -0.25) is 0 Å². The summed E-state index contributed by atoms with van der Waals surface area (Å²) in [5, 5.41) is 3.11. The van der Waals surface area contributed by atoms with Crippen LogP contribution in [0.5, 0.6) is 0 Å². The number of aromatic nitrogens is 1. The minimum Gasteiger partial charge on any atom is -0.383 e. The molecule has 0 aliphatic carbocycles. The molecule has 7 heteroatoms. The van der Waals surface area contributed by atoms with Gasteiger partial charge in [0.15, 0.2) is 5.03 Å². The highest BCUT2D eigenvalue weighted by Gasteiger charge is 2.24. The number of nitrogens with one attached hydrogen (secondary N) is 2. The molecule has 1 aromatic heterocycles. The van der Waals surface area contributed by atoms with Crippen LogP contribution in [0.15, 0.2) is 23.4 Å². The van der Waals surface area contributed by atoms with Gasteiger partial charge < -0.3 is 10.2 Å². The van der Waals surface area contributed by atoms with Crippen molar-refractivity contribution in [3.05, 3.63) is 18.3 Å². The molecule has 1 saturated heterocycles. The lowest BCUT2D eigenvalue weighted by Gasteiger charge is -2.32. The Hall–Kier alpha value is -1.18. The fourth-order valence-electron chi connectivity index (χ4n) is 2.61. The second kappa shape index (κ2) is 7.20. The highest BCUT2D eigenvalue weighted by Crippen LogP contribution is 2.19. The molecule has 1 aliphatic rings. The summed E-state index contributed by atoms with van der Waals surface area (Å²) < 4.78 is 27.6. The third kappa shape index (κ3) is 4.15. The van der Waals surface area contributed by atoms with Crippen molar-refractivity contribution < 1.29 is 8.42 Å². The summed E-state index contributed by atoms with van der Waals surface area (Å²) in [6.07, 6.45) is 4.87. The number of piperidine rings is 1. The number of hydrogen-bond acceptors (Lipinski definition) is 5. The van der Waals surface area contributed by atoms with E-state index < -0.39 is 10.0 Å². The minimum absolute atomic E-state index is 0.0744. The summed E-state index contributed by atoms with van der Waals surface area (Å²) in [4.78, 5) is 6.24. The Morgan fingerprint density at radius 3 is 2.95 bits per heavy atom. The standard InChI is InChI=1S/C14H24N4O2S/c1-3-15-13-8-6-9-16-14(13)21(19,20)17-11-12-7-4-5-10-18(12)2/h6,8-9,12,15,17H,3-5,7,10-11H2,1-2H3. The highest BCUT2D eigenvalue weighted by molar-refractivity contribution is 7.89. The zero-order valence-corrected chi connectivity index (χ0v) is 13.5. The first-order valence-corrected chi connectivity index (χ1v) is 8.91. The van der Waals surface area contributed by atoms with Crippen LogP contribution in [0.25, 0.3) is 0 Å². The Bertz CT molecular complexity index is 562. The maximum absolute atomic E-state index is 12.4. The van der Waals surface area contributed by atoms with Gasteiger partial charge in [-0.25, -0.2) is 18.1 Å². The van der Waals surface area contributed by atoms with Gasteiger partial charge in [0.05, 0.1) is 5.69 Å². The van der Waals surface area contributed by atoms with Gasteiger partial charge in [0, 0.05) is 25.3 Å². The molecule has 1 aromatic rings. The van der Waals surface area contributed by atoms with Crippen molar-refractivity contribution in [3.8, 4) is 0 Å². The van der Waals surface area contributed by atoms with Crippen molar-refractivity contribution in [2.75, 3.05) is 32.0 Å². The van der Waals surface area contributed by atoms with E-state index in [1.807, 2.05) is 14.0 Å². The molecular formula is C14H24N4O2S. The van der Waals surface area contributed by atoms with Crippen molar-refractivity contribution in [3.63, 3.8) is 0 Å². The molecule has 0 radical (unpaired) electrons. The van der Waals surface area contributed by atoms with Crippen molar-refractivity contribution in [2.45, 2.75) is 37.3 Å². The number of likely N-dealkylation sites (tertiary alicyclic amines) is 1. The van der Waals surface area contributed by atoms with Crippen LogP contribution in [-0.4, -0.2) is 51.0 Å². The van der Waals surface area contributed by atoms with E-state index in [2.05, 4.69) is 19.9 Å². The lowest BCUT2D eigenvalue weighted by molar-refractivity contribution is 0.187. The lowest BCUT2D eigenvalue weighted by atomic mass is 10.0. The molecular weight excluding hydrogens is 288 g/mol. The molecule has 21 heavy (non-hydrogen) atoms. The first-order valence-electron chi connectivity index (χ1n) is 7.43. The first-order chi connectivity index (χ1) is 10.0. The van der Waals surface area contributed by atoms with Gasteiger partial charge in [-0.05, 0) is 45.5 Å². The van der Waals surface area contributed by atoms with E-state index in [1.54, 1.807) is 12.1 Å². The summed E-state index contributed by atoms with van der Waals surface area (Å²) >= 11 is 0. The second-order valence-corrected chi connectivity index (χ2v) is 7.05. The van der Waals surface area contributed by atoms with Gasteiger partial charge in [0.25, 0.3) is 10.0 Å². The average Bonchev–Trinajstić information content (AvgIpc) is 2.47. The largest absolute Gasteiger partial charge is 0.383 e. The van der Waals surface area contributed by atoms with Crippen LogP contribution in [0.1, 0.15) is 26.2 Å². The summed E-state index contributed by atoms with van der Waals surface area (Å²) in [6, 6.07) is 3.73. The molecule has 0 spiro atoms. The summed E-state index contributed by atoms with van der Waals surface area (Å²) in [7, 11) is -1.54. The Labute approximate surface area is 127 Å². The predicted octanol–water partition coefficient (Wildman–Crippen LogP) is 1.28. The molecule has 1 atom stereocenters. The smallest absolute Gasteiger partial charge is 0.260 e. The quantitative estimate of drug-likeness (QED) is 0.827. The molecule has 1 fully saturated rings. The number of anilines is 1. The molecule has 2 heterocycles. The SMILES string of the molecule is CCNc1cccnc1S(=O)(=O)NCC1CCCCN1C. The van der Waals surface area contributed by atoms with E-state index >= 15 is 0 Å². The van der Waals surface area contributed by atoms with Crippen LogP contribution < -0.4 is 10.0 Å². The number of nitrogens with zero attached hydrogens (tertiary/aromatic N) is 2. The first kappa shape index (κ1) is 16.2. The third-order valence-corrected chi connectivity index (χ3v) is 5.20. The van der Waals surface area contributed by atoms with Crippen molar-refractivity contribution in [1.82, 2.24) is 14.6 Å². The maximum Gasteiger partial charge on any atom is 0.260 e. The van der Waals surface area contributed by atoms with Crippen LogP contribution in [0.2, 0.25) is 0 Å². The van der Waals surface area contributed by atoms with Gasteiger partial charge in [0.1, 0.15) is 0 Å². The number of rotatable bonds is 6. The van der Waals surface area contributed by atoms with E-state index in [0.29, 0.717) is 18.8 Å². The average molecular weight is 312 g/mol. The van der Waals surface area contributed by atoms with Gasteiger partial charge in [-0.1, -0.05) is 6.42 Å². The van der Waals surface area contributed by atoms with Crippen molar-refractivity contribution in [2.24, 2.45) is 0 Å². The number of likely N-dealkylation sites (N-methyl/N-ethyl adjacent to an activating group) is 1. The monoisotopic (exact) mass is 312 g/mol. The van der Waals surface area contributed by atoms with E-state index in [0.717, 1.165) is 19.4 Å². The van der Waals surface area contributed by atoms with Gasteiger partial charge in [-0.2, -0.15) is 0 Å². The van der Waals surface area contributed by atoms with E-state index in [9.17, 15) is 8.42 Å². The highest BCUT2D eigenvalue weighted by atomic mass is 32.2.